The van der Waals surface area contributed by atoms with Crippen molar-refractivity contribution in [1.82, 2.24) is 0 Å². The standard InChI is InChI=1S/C15H30N/c1-11-10-12(2)14(4)16(8-6-7-9-16)15(5)13(11)3/h11-15H,6-10H2,1-5H3/q+1. The Morgan fingerprint density at radius 2 is 1.31 bits per heavy atom. The van der Waals surface area contributed by atoms with Gasteiger partial charge in [-0.15, -0.1) is 0 Å². The van der Waals surface area contributed by atoms with Crippen LogP contribution in [0.4, 0.5) is 0 Å². The highest BCUT2D eigenvalue weighted by Gasteiger charge is 2.49. The lowest BCUT2D eigenvalue weighted by atomic mass is 9.85. The molecule has 5 atom stereocenters. The molecular formula is C15H30N+. The van der Waals surface area contributed by atoms with Crippen molar-refractivity contribution >= 4 is 0 Å². The highest BCUT2D eigenvalue weighted by molar-refractivity contribution is 4.82. The van der Waals surface area contributed by atoms with Gasteiger partial charge < -0.3 is 4.48 Å². The van der Waals surface area contributed by atoms with Crippen LogP contribution < -0.4 is 0 Å². The van der Waals surface area contributed by atoms with Crippen LogP contribution in [0, 0.1) is 17.8 Å². The summed E-state index contributed by atoms with van der Waals surface area (Å²) in [4.78, 5) is 0. The van der Waals surface area contributed by atoms with Gasteiger partial charge in [-0.1, -0.05) is 20.8 Å². The Kier molecular flexibility index (Phi) is 3.36. The molecule has 0 radical (unpaired) electrons. The summed E-state index contributed by atoms with van der Waals surface area (Å²) in [7, 11) is 0. The minimum atomic E-state index is 0.873. The lowest BCUT2D eigenvalue weighted by Gasteiger charge is -2.47. The zero-order valence-corrected chi connectivity index (χ0v) is 11.9. The van der Waals surface area contributed by atoms with E-state index in [9.17, 15) is 0 Å². The third-order valence-electron chi connectivity index (χ3n) is 6.25. The van der Waals surface area contributed by atoms with E-state index in [0.29, 0.717) is 0 Å². The van der Waals surface area contributed by atoms with Crippen LogP contribution in [-0.4, -0.2) is 29.7 Å². The Hall–Kier alpha value is -0.0400. The molecule has 0 aromatic carbocycles. The van der Waals surface area contributed by atoms with Gasteiger partial charge in [0.1, 0.15) is 0 Å². The third kappa shape index (κ3) is 1.72. The molecule has 1 nitrogen and oxygen atoms in total. The molecule has 0 aromatic rings. The van der Waals surface area contributed by atoms with Crippen LogP contribution in [0.15, 0.2) is 0 Å². The van der Waals surface area contributed by atoms with Crippen molar-refractivity contribution in [2.24, 2.45) is 17.8 Å². The topological polar surface area (TPSA) is 0 Å². The Balaban J connectivity index is 2.32. The van der Waals surface area contributed by atoms with Crippen molar-refractivity contribution in [2.75, 3.05) is 13.1 Å². The molecule has 5 unspecified atom stereocenters. The predicted molar refractivity (Wildman–Crippen MR) is 70.3 cm³/mol. The molecule has 2 aliphatic rings. The smallest absolute Gasteiger partial charge is 0.0892 e. The maximum atomic E-state index is 2.53. The number of nitrogens with zero attached hydrogens (tertiary/aromatic N) is 1. The molecule has 0 bridgehead atoms. The second-order valence-electron chi connectivity index (χ2n) is 6.79. The number of rotatable bonds is 0. The molecule has 16 heavy (non-hydrogen) atoms. The summed E-state index contributed by atoms with van der Waals surface area (Å²) in [6.45, 7) is 15.4. The predicted octanol–water partition coefficient (Wildman–Crippen LogP) is 3.69. The van der Waals surface area contributed by atoms with E-state index < -0.39 is 0 Å². The Labute approximate surface area is 102 Å². The average molecular weight is 224 g/mol. The summed E-state index contributed by atoms with van der Waals surface area (Å²) >= 11 is 0. The van der Waals surface area contributed by atoms with E-state index in [4.69, 9.17) is 0 Å². The molecule has 2 aliphatic heterocycles. The summed E-state index contributed by atoms with van der Waals surface area (Å²) in [5.74, 6) is 2.71. The van der Waals surface area contributed by atoms with Gasteiger partial charge in [0.05, 0.1) is 25.2 Å². The van der Waals surface area contributed by atoms with Crippen LogP contribution in [0.25, 0.3) is 0 Å². The van der Waals surface area contributed by atoms with Crippen molar-refractivity contribution in [1.29, 1.82) is 0 Å². The highest BCUT2D eigenvalue weighted by Crippen LogP contribution is 2.41. The van der Waals surface area contributed by atoms with Crippen LogP contribution in [0.2, 0.25) is 0 Å². The molecule has 1 heteroatoms. The zero-order valence-electron chi connectivity index (χ0n) is 11.9. The van der Waals surface area contributed by atoms with Crippen molar-refractivity contribution in [2.45, 2.75) is 66.0 Å². The van der Waals surface area contributed by atoms with Gasteiger partial charge in [0.2, 0.25) is 0 Å². The summed E-state index contributed by atoms with van der Waals surface area (Å²) in [6, 6.07) is 1.75. The van der Waals surface area contributed by atoms with E-state index in [1.807, 2.05) is 0 Å². The molecule has 0 aromatic heterocycles. The number of hydrogen-bond acceptors (Lipinski definition) is 0. The molecule has 2 rings (SSSR count). The molecule has 2 heterocycles. The lowest BCUT2D eigenvalue weighted by Crippen LogP contribution is -2.60. The van der Waals surface area contributed by atoms with Crippen molar-refractivity contribution < 1.29 is 4.48 Å². The van der Waals surface area contributed by atoms with Gasteiger partial charge in [0, 0.05) is 24.7 Å². The van der Waals surface area contributed by atoms with Gasteiger partial charge in [-0.3, -0.25) is 0 Å². The number of hydrogen-bond donors (Lipinski definition) is 0. The van der Waals surface area contributed by atoms with Crippen LogP contribution in [0.5, 0.6) is 0 Å². The minimum Gasteiger partial charge on any atom is -0.319 e. The SMILES string of the molecule is CC1CC(C)C(C)[N+]2(CCCC2)C(C)C1C. The minimum absolute atomic E-state index is 0.873. The molecule has 0 amide bonds. The first-order valence-electron chi connectivity index (χ1n) is 7.35. The highest BCUT2D eigenvalue weighted by atomic mass is 15.4. The first-order valence-corrected chi connectivity index (χ1v) is 7.35. The van der Waals surface area contributed by atoms with Crippen molar-refractivity contribution in [3.05, 3.63) is 0 Å². The van der Waals surface area contributed by atoms with Crippen molar-refractivity contribution in [3.8, 4) is 0 Å². The van der Waals surface area contributed by atoms with E-state index in [1.54, 1.807) is 0 Å². The molecule has 0 saturated carbocycles. The van der Waals surface area contributed by atoms with E-state index in [2.05, 4.69) is 34.6 Å². The van der Waals surface area contributed by atoms with E-state index in [1.165, 1.54) is 36.8 Å². The maximum absolute atomic E-state index is 2.53. The zero-order chi connectivity index (χ0) is 11.9. The quantitative estimate of drug-likeness (QED) is 0.551. The van der Waals surface area contributed by atoms with Crippen LogP contribution in [0.3, 0.4) is 0 Å². The molecular weight excluding hydrogens is 194 g/mol. The average Bonchev–Trinajstić information content (AvgIpc) is 2.73. The summed E-state index contributed by atoms with van der Waals surface area (Å²) in [6.07, 6.45) is 4.36. The number of quaternary nitrogens is 1. The summed E-state index contributed by atoms with van der Waals surface area (Å²) in [5.41, 5.74) is 0. The van der Waals surface area contributed by atoms with E-state index in [-0.39, 0.29) is 0 Å². The first-order chi connectivity index (χ1) is 7.49. The second kappa shape index (κ2) is 4.33. The normalized spacial score (nSPS) is 48.2. The fourth-order valence-electron chi connectivity index (χ4n) is 4.56. The van der Waals surface area contributed by atoms with Crippen LogP contribution in [0.1, 0.15) is 53.9 Å². The van der Waals surface area contributed by atoms with Gasteiger partial charge >= 0.3 is 0 Å². The van der Waals surface area contributed by atoms with Gasteiger partial charge in [-0.2, -0.15) is 0 Å². The lowest BCUT2D eigenvalue weighted by molar-refractivity contribution is -0.964. The Morgan fingerprint density at radius 3 is 1.88 bits per heavy atom. The molecule has 2 saturated heterocycles. The monoisotopic (exact) mass is 224 g/mol. The van der Waals surface area contributed by atoms with Crippen LogP contribution in [-0.2, 0) is 0 Å². The molecule has 2 fully saturated rings. The molecule has 1 spiro atoms. The summed E-state index contributed by atoms with van der Waals surface area (Å²) < 4.78 is 1.44. The molecule has 0 N–H and O–H groups in total. The fraction of sp³-hybridized carbons (Fsp3) is 1.00. The summed E-state index contributed by atoms with van der Waals surface area (Å²) in [5, 5.41) is 0. The molecule has 94 valence electrons. The van der Waals surface area contributed by atoms with E-state index >= 15 is 0 Å². The second-order valence-corrected chi connectivity index (χ2v) is 6.79. The first kappa shape index (κ1) is 12.4. The largest absolute Gasteiger partial charge is 0.319 e. The van der Waals surface area contributed by atoms with Gasteiger partial charge in [-0.25, -0.2) is 0 Å². The molecule has 0 aliphatic carbocycles. The Bertz CT molecular complexity index is 242. The maximum Gasteiger partial charge on any atom is 0.0892 e. The third-order valence-corrected chi connectivity index (χ3v) is 6.25. The Morgan fingerprint density at radius 1 is 0.750 bits per heavy atom. The van der Waals surface area contributed by atoms with E-state index in [0.717, 1.165) is 29.8 Å². The van der Waals surface area contributed by atoms with Crippen LogP contribution >= 0.6 is 0 Å². The van der Waals surface area contributed by atoms with Gasteiger partial charge in [-0.05, 0) is 26.2 Å². The van der Waals surface area contributed by atoms with Crippen molar-refractivity contribution in [3.63, 3.8) is 0 Å². The van der Waals surface area contributed by atoms with Gasteiger partial charge in [0.25, 0.3) is 0 Å². The van der Waals surface area contributed by atoms with Gasteiger partial charge in [0.15, 0.2) is 0 Å². The fourth-order valence-corrected chi connectivity index (χ4v) is 4.56.